The maximum absolute atomic E-state index is 13.3. The normalized spacial score (nSPS) is 10.2. The van der Waals surface area contributed by atoms with Crippen molar-refractivity contribution in [2.24, 2.45) is 4.99 Å². The van der Waals surface area contributed by atoms with E-state index in [0.717, 1.165) is 17.7 Å². The van der Waals surface area contributed by atoms with Crippen molar-refractivity contribution in [3.8, 4) is 0 Å². The molecule has 3 aromatic rings. The molecule has 0 spiro atoms. The second-order valence-corrected chi connectivity index (χ2v) is 7.42. The summed E-state index contributed by atoms with van der Waals surface area (Å²) >= 11 is 0. The molecule has 0 aliphatic rings. The van der Waals surface area contributed by atoms with Crippen molar-refractivity contribution in [1.29, 1.82) is 0 Å². The van der Waals surface area contributed by atoms with E-state index in [-0.39, 0.29) is 11.5 Å². The topological polar surface area (TPSA) is 101 Å². The molecule has 0 atom stereocenters. The van der Waals surface area contributed by atoms with Gasteiger partial charge >= 0.3 is 0 Å². The fraction of sp³-hybridized carbons (Fsp3) is 0.200. The number of nitrogens with two attached hydrogens (primary N) is 1. The molecule has 33 heavy (non-hydrogen) atoms. The van der Waals surface area contributed by atoms with Crippen molar-refractivity contribution in [3.63, 3.8) is 0 Å². The molecule has 7 nitrogen and oxygen atoms in total. The number of aryl methyl sites for hydroxylation is 1. The zero-order chi connectivity index (χ0) is 24.2. The van der Waals surface area contributed by atoms with Gasteiger partial charge in [-0.25, -0.2) is 9.37 Å². The van der Waals surface area contributed by atoms with E-state index < -0.39 is 5.82 Å². The van der Waals surface area contributed by atoms with E-state index in [1.54, 1.807) is 42.6 Å². The van der Waals surface area contributed by atoms with Crippen molar-refractivity contribution in [1.82, 2.24) is 9.88 Å². The minimum absolute atomic E-state index is 0.0964. The van der Waals surface area contributed by atoms with Gasteiger partial charge in [-0.15, -0.1) is 0 Å². The number of pyridine rings is 1. The summed E-state index contributed by atoms with van der Waals surface area (Å²) in [7, 11) is 1.93. The summed E-state index contributed by atoms with van der Waals surface area (Å²) in [6, 6.07) is 15.2. The number of aldehydes is 1. The fourth-order valence-electron chi connectivity index (χ4n) is 2.83. The number of nitrogen functional groups attached to an aromatic ring is 1. The van der Waals surface area contributed by atoms with Crippen molar-refractivity contribution < 1.29 is 14.0 Å². The Morgan fingerprint density at radius 3 is 2.61 bits per heavy atom. The largest absolute Gasteiger partial charge is 0.398 e. The minimum Gasteiger partial charge on any atom is -0.398 e. The van der Waals surface area contributed by atoms with E-state index in [0.29, 0.717) is 36.4 Å². The van der Waals surface area contributed by atoms with Crippen molar-refractivity contribution in [2.45, 2.75) is 13.5 Å². The number of hydrogen-bond donors (Lipinski definition) is 2. The Kier molecular flexibility index (Phi) is 9.85. The lowest BCUT2D eigenvalue weighted by atomic mass is 10.1. The zero-order valence-electron chi connectivity index (χ0n) is 18.8. The Labute approximate surface area is 193 Å². The van der Waals surface area contributed by atoms with Gasteiger partial charge in [0, 0.05) is 25.0 Å². The molecule has 0 aliphatic carbocycles. The van der Waals surface area contributed by atoms with Gasteiger partial charge in [-0.2, -0.15) is 0 Å². The molecule has 0 unspecified atom stereocenters. The summed E-state index contributed by atoms with van der Waals surface area (Å²) in [5, 5.41) is 2.70. The summed E-state index contributed by atoms with van der Waals surface area (Å²) in [5.41, 5.74) is 8.61. The van der Waals surface area contributed by atoms with Crippen LogP contribution in [0.3, 0.4) is 0 Å². The van der Waals surface area contributed by atoms with Gasteiger partial charge < -0.3 is 16.0 Å². The molecule has 0 saturated heterocycles. The minimum atomic E-state index is -0.470. The number of benzene rings is 2. The number of hydrogen-bond acceptors (Lipinski definition) is 6. The van der Waals surface area contributed by atoms with Crippen LogP contribution >= 0.6 is 0 Å². The number of nitrogens with zero attached hydrogens (tertiary/aromatic N) is 3. The van der Waals surface area contributed by atoms with Crippen LogP contribution in [0.25, 0.3) is 0 Å². The molecular formula is C25H28FN5O2. The van der Waals surface area contributed by atoms with Crippen LogP contribution in [0, 0.1) is 12.7 Å². The lowest BCUT2D eigenvalue weighted by Crippen LogP contribution is -2.21. The van der Waals surface area contributed by atoms with Gasteiger partial charge in [-0.05, 0) is 62.1 Å². The van der Waals surface area contributed by atoms with Crippen LogP contribution in [0.5, 0.6) is 0 Å². The van der Waals surface area contributed by atoms with Crippen molar-refractivity contribution in [3.05, 3.63) is 88.9 Å². The van der Waals surface area contributed by atoms with Crippen LogP contribution in [0.1, 0.15) is 31.8 Å². The summed E-state index contributed by atoms with van der Waals surface area (Å²) in [5.74, 6) is -0.203. The van der Waals surface area contributed by atoms with Crippen LogP contribution in [-0.4, -0.2) is 48.9 Å². The Bertz CT molecular complexity index is 1090. The predicted octanol–water partition coefficient (Wildman–Crippen LogP) is 4.00. The number of nitrogens with one attached hydrogen (secondary N) is 1. The first-order valence-corrected chi connectivity index (χ1v) is 10.3. The number of rotatable bonds is 8. The standard InChI is InChI=1S/C13H13N3O.C12H15FN2O/c1-9-6-7-12(15-8-9)16-13(17)10-4-2-3-5-11(10)14;1-14-5-6-15(2)8-10-3-4-11(9-16)12(13)7-10/h2-8H,14H2,1H3,(H,15,16,17);3-4,7,9H,1,5-6,8H2,2H3. The summed E-state index contributed by atoms with van der Waals surface area (Å²) in [6.07, 6.45) is 2.22. The van der Waals surface area contributed by atoms with E-state index in [1.165, 1.54) is 12.1 Å². The monoisotopic (exact) mass is 449 g/mol. The number of anilines is 2. The zero-order valence-corrected chi connectivity index (χ0v) is 18.8. The lowest BCUT2D eigenvalue weighted by Gasteiger charge is -2.15. The number of aliphatic imine (C=N–C) groups is 1. The predicted molar refractivity (Wildman–Crippen MR) is 130 cm³/mol. The van der Waals surface area contributed by atoms with Gasteiger partial charge in [0.15, 0.2) is 6.29 Å². The van der Waals surface area contributed by atoms with Gasteiger partial charge in [0.25, 0.3) is 5.91 Å². The molecular weight excluding hydrogens is 421 g/mol. The van der Waals surface area contributed by atoms with E-state index in [9.17, 15) is 14.0 Å². The molecule has 0 aliphatic heterocycles. The first kappa shape index (κ1) is 25.4. The van der Waals surface area contributed by atoms with Crippen LogP contribution in [0.2, 0.25) is 0 Å². The molecule has 172 valence electrons. The molecule has 2 aromatic carbocycles. The Balaban J connectivity index is 0.000000234. The highest BCUT2D eigenvalue weighted by molar-refractivity contribution is 6.07. The van der Waals surface area contributed by atoms with Gasteiger partial charge in [0.2, 0.25) is 0 Å². The SMILES string of the molecule is C=NCCN(C)Cc1ccc(C=O)c(F)c1.Cc1ccc(NC(=O)c2ccccc2N)nc1. The number of likely N-dealkylation sites (N-methyl/N-ethyl adjacent to an activating group) is 1. The quantitative estimate of drug-likeness (QED) is 0.308. The second-order valence-electron chi connectivity index (χ2n) is 7.42. The lowest BCUT2D eigenvalue weighted by molar-refractivity contribution is 0.102. The molecule has 0 bridgehead atoms. The fourth-order valence-corrected chi connectivity index (χ4v) is 2.83. The molecule has 3 rings (SSSR count). The Morgan fingerprint density at radius 2 is 2.00 bits per heavy atom. The van der Waals surface area contributed by atoms with Crippen LogP contribution in [0.15, 0.2) is 65.8 Å². The smallest absolute Gasteiger partial charge is 0.258 e. The number of halogens is 1. The number of carbonyl (C=O) groups is 2. The van der Waals surface area contributed by atoms with E-state index >= 15 is 0 Å². The summed E-state index contributed by atoms with van der Waals surface area (Å²) < 4.78 is 13.3. The third-order valence-corrected chi connectivity index (χ3v) is 4.64. The first-order valence-electron chi connectivity index (χ1n) is 10.3. The van der Waals surface area contributed by atoms with Gasteiger partial charge in [0.1, 0.15) is 11.6 Å². The summed E-state index contributed by atoms with van der Waals surface area (Å²) in [6.45, 7) is 7.41. The highest BCUT2D eigenvalue weighted by Gasteiger charge is 2.09. The third-order valence-electron chi connectivity index (χ3n) is 4.64. The molecule has 1 amide bonds. The maximum Gasteiger partial charge on any atom is 0.258 e. The van der Waals surface area contributed by atoms with Crippen molar-refractivity contribution in [2.75, 3.05) is 31.2 Å². The summed E-state index contributed by atoms with van der Waals surface area (Å²) in [4.78, 5) is 32.2. The van der Waals surface area contributed by atoms with E-state index in [2.05, 4.69) is 22.0 Å². The highest BCUT2D eigenvalue weighted by atomic mass is 19.1. The molecule has 0 saturated carbocycles. The average Bonchev–Trinajstić information content (AvgIpc) is 2.80. The molecule has 8 heteroatoms. The van der Waals surface area contributed by atoms with Gasteiger partial charge in [0.05, 0.1) is 17.7 Å². The van der Waals surface area contributed by atoms with Crippen molar-refractivity contribution >= 4 is 30.4 Å². The van der Waals surface area contributed by atoms with Gasteiger partial charge in [-0.3, -0.25) is 14.6 Å². The number of aromatic nitrogens is 1. The van der Waals surface area contributed by atoms with E-state index in [4.69, 9.17) is 5.73 Å². The Morgan fingerprint density at radius 1 is 1.24 bits per heavy atom. The second kappa shape index (κ2) is 12.8. The number of amides is 1. The van der Waals surface area contributed by atoms with Crippen LogP contribution in [0.4, 0.5) is 15.9 Å². The first-order chi connectivity index (χ1) is 15.8. The maximum atomic E-state index is 13.3. The van der Waals surface area contributed by atoms with Crippen LogP contribution < -0.4 is 11.1 Å². The third kappa shape index (κ3) is 8.27. The van der Waals surface area contributed by atoms with Crippen LogP contribution in [-0.2, 0) is 6.54 Å². The Hall–Kier alpha value is -3.91. The average molecular weight is 450 g/mol. The van der Waals surface area contributed by atoms with E-state index in [1.807, 2.05) is 24.9 Å². The molecule has 0 fully saturated rings. The molecule has 3 N–H and O–H groups in total. The highest BCUT2D eigenvalue weighted by Crippen LogP contribution is 2.13. The molecule has 0 radical (unpaired) electrons. The molecule has 1 aromatic heterocycles. The van der Waals surface area contributed by atoms with Gasteiger partial charge in [-0.1, -0.05) is 24.3 Å². The molecule has 1 heterocycles. The number of carbonyl (C=O) groups excluding carboxylic acids is 2. The number of para-hydroxylation sites is 1.